The van der Waals surface area contributed by atoms with Gasteiger partial charge in [0.15, 0.2) is 0 Å². The molecule has 6 heteroatoms. The first-order chi connectivity index (χ1) is 9.32. The zero-order chi connectivity index (χ0) is 14.9. The van der Waals surface area contributed by atoms with Gasteiger partial charge in [0.1, 0.15) is 10.7 Å². The first kappa shape index (κ1) is 15.3. The van der Waals surface area contributed by atoms with Gasteiger partial charge in [-0.2, -0.15) is 4.31 Å². The molecule has 1 fully saturated rings. The van der Waals surface area contributed by atoms with Gasteiger partial charge in [0.25, 0.3) is 0 Å². The number of benzene rings is 1. The average molecular weight is 300 g/mol. The van der Waals surface area contributed by atoms with Gasteiger partial charge in [0, 0.05) is 12.6 Å². The monoisotopic (exact) mass is 300 g/mol. The van der Waals surface area contributed by atoms with Crippen molar-refractivity contribution in [1.29, 1.82) is 0 Å². The van der Waals surface area contributed by atoms with E-state index >= 15 is 0 Å². The van der Waals surface area contributed by atoms with Gasteiger partial charge in [-0.05, 0) is 43.4 Å². The lowest BCUT2D eigenvalue weighted by molar-refractivity contribution is 0.373. The van der Waals surface area contributed by atoms with Crippen LogP contribution in [0.3, 0.4) is 0 Å². The highest BCUT2D eigenvalue weighted by Gasteiger charge is 2.38. The van der Waals surface area contributed by atoms with Crippen molar-refractivity contribution in [2.24, 2.45) is 5.92 Å². The number of nitrogen functional groups attached to an aromatic ring is 1. The smallest absolute Gasteiger partial charge is 0.245 e. The summed E-state index contributed by atoms with van der Waals surface area (Å²) in [6.07, 6.45) is 2.52. The molecule has 112 valence electrons. The number of halogens is 1. The largest absolute Gasteiger partial charge is 0.398 e. The first-order valence-corrected chi connectivity index (χ1v) is 8.33. The molecule has 0 saturated heterocycles. The van der Waals surface area contributed by atoms with E-state index in [4.69, 9.17) is 5.73 Å². The van der Waals surface area contributed by atoms with Crippen LogP contribution in [0.5, 0.6) is 0 Å². The normalized spacial score (nSPS) is 16.1. The molecule has 0 aliphatic heterocycles. The lowest BCUT2D eigenvalue weighted by Gasteiger charge is -2.23. The Morgan fingerprint density at radius 3 is 2.60 bits per heavy atom. The lowest BCUT2D eigenvalue weighted by Crippen LogP contribution is -2.35. The standard InChI is InChI=1S/C14H21FN2O2S/c1-10(2)7-8-17(12-4-5-12)20(18,19)14-9-11(15)3-6-13(14)16/h3,6,9-10,12H,4-5,7-8,16H2,1-2H3. The minimum atomic E-state index is -3.72. The molecule has 1 aromatic carbocycles. The Hall–Kier alpha value is -1.14. The van der Waals surface area contributed by atoms with Gasteiger partial charge in [-0.1, -0.05) is 13.8 Å². The van der Waals surface area contributed by atoms with Crippen LogP contribution in [0.25, 0.3) is 0 Å². The molecule has 1 aromatic rings. The molecule has 1 saturated carbocycles. The molecule has 20 heavy (non-hydrogen) atoms. The van der Waals surface area contributed by atoms with Crippen molar-refractivity contribution in [3.05, 3.63) is 24.0 Å². The van der Waals surface area contributed by atoms with E-state index in [1.807, 2.05) is 13.8 Å². The van der Waals surface area contributed by atoms with Gasteiger partial charge >= 0.3 is 0 Å². The maximum absolute atomic E-state index is 13.3. The molecular weight excluding hydrogens is 279 g/mol. The number of anilines is 1. The van der Waals surface area contributed by atoms with Gasteiger partial charge in [0.2, 0.25) is 10.0 Å². The summed E-state index contributed by atoms with van der Waals surface area (Å²) in [6, 6.07) is 3.52. The third-order valence-corrected chi connectivity index (χ3v) is 5.45. The Morgan fingerprint density at radius 1 is 1.40 bits per heavy atom. The van der Waals surface area contributed by atoms with Crippen LogP contribution in [0.15, 0.2) is 23.1 Å². The molecule has 1 aliphatic carbocycles. The fourth-order valence-corrected chi connectivity index (χ4v) is 3.93. The number of hydrogen-bond acceptors (Lipinski definition) is 3. The van der Waals surface area contributed by atoms with Crippen molar-refractivity contribution in [3.8, 4) is 0 Å². The molecule has 2 N–H and O–H groups in total. The minimum Gasteiger partial charge on any atom is -0.398 e. The second-order valence-electron chi connectivity index (χ2n) is 5.71. The molecule has 0 radical (unpaired) electrons. The van der Waals surface area contributed by atoms with E-state index in [2.05, 4.69) is 0 Å². The third kappa shape index (κ3) is 3.30. The number of sulfonamides is 1. The summed E-state index contributed by atoms with van der Waals surface area (Å²) in [7, 11) is -3.72. The van der Waals surface area contributed by atoms with Crippen LogP contribution < -0.4 is 5.73 Å². The van der Waals surface area contributed by atoms with E-state index in [1.54, 1.807) is 0 Å². The molecule has 1 aliphatic rings. The highest BCUT2D eigenvalue weighted by Crippen LogP contribution is 2.34. The Labute approximate surface area is 119 Å². The Morgan fingerprint density at radius 2 is 2.05 bits per heavy atom. The molecular formula is C14H21FN2O2S. The van der Waals surface area contributed by atoms with Crippen LogP contribution in [-0.4, -0.2) is 25.3 Å². The number of hydrogen-bond donors (Lipinski definition) is 1. The fourth-order valence-electron chi connectivity index (χ4n) is 2.10. The second kappa shape index (κ2) is 5.69. The van der Waals surface area contributed by atoms with Gasteiger partial charge in [-0.3, -0.25) is 0 Å². The van der Waals surface area contributed by atoms with Crippen LogP contribution >= 0.6 is 0 Å². The molecule has 2 rings (SSSR count). The average Bonchev–Trinajstić information content (AvgIpc) is 3.16. The molecule has 4 nitrogen and oxygen atoms in total. The minimum absolute atomic E-state index is 0.0430. The number of rotatable bonds is 6. The molecule has 0 bridgehead atoms. The van der Waals surface area contributed by atoms with E-state index in [0.717, 1.165) is 25.3 Å². The second-order valence-corrected chi connectivity index (χ2v) is 7.57. The summed E-state index contributed by atoms with van der Waals surface area (Å²) < 4.78 is 40.2. The van der Waals surface area contributed by atoms with Crippen molar-refractivity contribution in [2.45, 2.75) is 44.0 Å². The third-order valence-electron chi connectivity index (χ3n) is 3.44. The van der Waals surface area contributed by atoms with E-state index < -0.39 is 15.8 Å². The summed E-state index contributed by atoms with van der Waals surface area (Å²) in [5.74, 6) is -0.173. The summed E-state index contributed by atoms with van der Waals surface area (Å²) in [4.78, 5) is -0.117. The fraction of sp³-hybridized carbons (Fsp3) is 0.571. The van der Waals surface area contributed by atoms with Gasteiger partial charge in [0.05, 0.1) is 5.69 Å². The quantitative estimate of drug-likeness (QED) is 0.821. The Bertz CT molecular complexity index is 583. The van der Waals surface area contributed by atoms with Crippen molar-refractivity contribution in [3.63, 3.8) is 0 Å². The molecule has 0 aromatic heterocycles. The van der Waals surface area contributed by atoms with Crippen LogP contribution in [0.1, 0.15) is 33.1 Å². The topological polar surface area (TPSA) is 63.4 Å². The summed E-state index contributed by atoms with van der Waals surface area (Å²) in [5, 5.41) is 0. The predicted octanol–water partition coefficient (Wildman–Crippen LogP) is 2.61. The SMILES string of the molecule is CC(C)CCN(C1CC1)S(=O)(=O)c1cc(F)ccc1N. The van der Waals surface area contributed by atoms with Crippen molar-refractivity contribution >= 4 is 15.7 Å². The molecule has 0 spiro atoms. The predicted molar refractivity (Wildman–Crippen MR) is 77.2 cm³/mol. The molecule has 0 heterocycles. The zero-order valence-corrected chi connectivity index (χ0v) is 12.7. The highest BCUT2D eigenvalue weighted by molar-refractivity contribution is 7.89. The summed E-state index contributed by atoms with van der Waals surface area (Å²) in [5.41, 5.74) is 5.82. The van der Waals surface area contributed by atoms with Gasteiger partial charge in [-0.25, -0.2) is 12.8 Å². The van der Waals surface area contributed by atoms with Crippen molar-refractivity contribution < 1.29 is 12.8 Å². The van der Waals surface area contributed by atoms with Crippen LogP contribution in [0.2, 0.25) is 0 Å². The van der Waals surface area contributed by atoms with Crippen molar-refractivity contribution in [2.75, 3.05) is 12.3 Å². The van der Waals surface area contributed by atoms with Crippen LogP contribution in [-0.2, 0) is 10.0 Å². The molecule has 0 atom stereocenters. The Balaban J connectivity index is 2.32. The van der Waals surface area contributed by atoms with Crippen LogP contribution in [0.4, 0.5) is 10.1 Å². The first-order valence-electron chi connectivity index (χ1n) is 6.89. The van der Waals surface area contributed by atoms with Crippen molar-refractivity contribution in [1.82, 2.24) is 4.31 Å². The summed E-state index contributed by atoms with van der Waals surface area (Å²) >= 11 is 0. The maximum atomic E-state index is 13.3. The molecule has 0 amide bonds. The lowest BCUT2D eigenvalue weighted by atomic mass is 10.1. The van der Waals surface area contributed by atoms with Gasteiger partial charge in [-0.15, -0.1) is 0 Å². The zero-order valence-electron chi connectivity index (χ0n) is 11.8. The maximum Gasteiger partial charge on any atom is 0.245 e. The molecule has 0 unspecified atom stereocenters. The Kier molecular flexibility index (Phi) is 4.34. The number of nitrogens with zero attached hydrogens (tertiary/aromatic N) is 1. The van der Waals surface area contributed by atoms with E-state index in [0.29, 0.717) is 12.5 Å². The summed E-state index contributed by atoms with van der Waals surface area (Å²) in [6.45, 7) is 4.56. The van der Waals surface area contributed by atoms with Crippen LogP contribution in [0, 0.1) is 11.7 Å². The van der Waals surface area contributed by atoms with Gasteiger partial charge < -0.3 is 5.73 Å². The van der Waals surface area contributed by atoms with E-state index in [-0.39, 0.29) is 16.6 Å². The highest BCUT2D eigenvalue weighted by atomic mass is 32.2. The number of nitrogens with two attached hydrogens (primary N) is 1. The van der Waals surface area contributed by atoms with E-state index in [1.165, 1.54) is 16.4 Å². The van der Waals surface area contributed by atoms with E-state index in [9.17, 15) is 12.8 Å².